The summed E-state index contributed by atoms with van der Waals surface area (Å²) < 4.78 is 29.7. The summed E-state index contributed by atoms with van der Waals surface area (Å²) in [6.07, 6.45) is 1.27. The first-order valence-corrected chi connectivity index (χ1v) is 7.52. The van der Waals surface area contributed by atoms with Gasteiger partial charge in [0, 0.05) is 6.61 Å². The second kappa shape index (κ2) is 5.18. The molecule has 0 radical (unpaired) electrons. The van der Waals surface area contributed by atoms with Crippen LogP contribution in [0.3, 0.4) is 0 Å². The normalized spacial score (nSPS) is 19.5. The molecule has 1 atom stereocenters. The first kappa shape index (κ1) is 13.8. The van der Waals surface area contributed by atoms with Gasteiger partial charge in [-0.25, -0.2) is 13.2 Å². The number of sulfone groups is 1. The van der Waals surface area contributed by atoms with Crippen LogP contribution >= 0.6 is 0 Å². The number of ether oxygens (including phenoxy) is 1. The van der Waals surface area contributed by atoms with Crippen molar-refractivity contribution >= 4 is 21.5 Å². The van der Waals surface area contributed by atoms with Gasteiger partial charge >= 0.3 is 5.97 Å². The average Bonchev–Trinajstić information content (AvgIpc) is 2.80. The van der Waals surface area contributed by atoms with Crippen molar-refractivity contribution in [2.75, 3.05) is 18.1 Å². The van der Waals surface area contributed by atoms with Crippen molar-refractivity contribution in [2.24, 2.45) is 0 Å². The Bertz CT molecular complexity index is 590. The fraction of sp³-hybridized carbons (Fsp3) is 0.417. The lowest BCUT2D eigenvalue weighted by Gasteiger charge is -2.12. The lowest BCUT2D eigenvalue weighted by atomic mass is 10.2. The Morgan fingerprint density at radius 1 is 1.47 bits per heavy atom. The van der Waals surface area contributed by atoms with E-state index in [1.165, 1.54) is 12.1 Å². The Balaban J connectivity index is 2.27. The number of aromatic carboxylic acids is 1. The number of benzene rings is 1. The minimum atomic E-state index is -3.56. The third-order valence-electron chi connectivity index (χ3n) is 3.02. The highest BCUT2D eigenvalue weighted by Gasteiger charge is 2.26. The Morgan fingerprint density at radius 2 is 2.21 bits per heavy atom. The van der Waals surface area contributed by atoms with E-state index < -0.39 is 15.8 Å². The highest BCUT2D eigenvalue weighted by Crippen LogP contribution is 2.24. The third-order valence-corrected chi connectivity index (χ3v) is 4.87. The zero-order valence-electron chi connectivity index (χ0n) is 10.2. The largest absolute Gasteiger partial charge is 0.478 e. The number of carboxylic acid groups (broad SMARTS) is 1. The summed E-state index contributed by atoms with van der Waals surface area (Å²) in [7, 11) is -3.56. The van der Waals surface area contributed by atoms with Crippen LogP contribution in [0, 0.1) is 0 Å². The molecule has 0 bridgehead atoms. The van der Waals surface area contributed by atoms with E-state index in [0.717, 1.165) is 12.5 Å². The van der Waals surface area contributed by atoms with E-state index >= 15 is 0 Å². The molecular weight excluding hydrogens is 270 g/mol. The zero-order chi connectivity index (χ0) is 14.0. The van der Waals surface area contributed by atoms with Crippen molar-refractivity contribution < 1.29 is 23.1 Å². The Morgan fingerprint density at radius 3 is 2.74 bits per heavy atom. The molecule has 0 aromatic heterocycles. The molecule has 1 unspecified atom stereocenters. The molecule has 1 aromatic carbocycles. The molecule has 0 amide bonds. The first-order valence-electron chi connectivity index (χ1n) is 5.87. The fourth-order valence-electron chi connectivity index (χ4n) is 2.08. The smallest absolute Gasteiger partial charge is 0.335 e. The van der Waals surface area contributed by atoms with Gasteiger partial charge in [0.15, 0.2) is 9.84 Å². The molecule has 0 saturated carbocycles. The lowest BCUT2D eigenvalue weighted by Crippen LogP contribution is -2.21. The molecule has 3 N–H and O–H groups in total. The standard InChI is InChI=1S/C12H15NO5S/c13-10-6-8(12(14)15)3-4-11(10)19(16,17)7-9-2-1-5-18-9/h3-4,6,9H,1-2,5,7,13H2,(H,14,15). The molecule has 1 fully saturated rings. The van der Waals surface area contributed by atoms with E-state index in [4.69, 9.17) is 15.6 Å². The SMILES string of the molecule is Nc1cc(C(=O)O)ccc1S(=O)(=O)CC1CCCO1. The molecule has 7 heteroatoms. The van der Waals surface area contributed by atoms with Crippen molar-refractivity contribution in [1.29, 1.82) is 0 Å². The number of nitrogens with two attached hydrogens (primary N) is 1. The first-order chi connectivity index (χ1) is 8.90. The van der Waals surface area contributed by atoms with Crippen molar-refractivity contribution in [2.45, 2.75) is 23.8 Å². The van der Waals surface area contributed by atoms with Crippen LogP contribution in [0.2, 0.25) is 0 Å². The van der Waals surface area contributed by atoms with Crippen LogP contribution in [0.25, 0.3) is 0 Å². The zero-order valence-corrected chi connectivity index (χ0v) is 11.0. The molecule has 0 spiro atoms. The summed E-state index contributed by atoms with van der Waals surface area (Å²) in [5, 5.41) is 8.81. The number of hydrogen-bond acceptors (Lipinski definition) is 5. The Labute approximate surface area is 111 Å². The molecular formula is C12H15NO5S. The monoisotopic (exact) mass is 285 g/mol. The highest BCUT2D eigenvalue weighted by molar-refractivity contribution is 7.91. The van der Waals surface area contributed by atoms with Gasteiger partial charge in [0.2, 0.25) is 0 Å². The number of carbonyl (C=O) groups is 1. The van der Waals surface area contributed by atoms with Gasteiger partial charge in [-0.3, -0.25) is 0 Å². The average molecular weight is 285 g/mol. The number of anilines is 1. The van der Waals surface area contributed by atoms with Gasteiger partial charge in [-0.1, -0.05) is 0 Å². The number of rotatable bonds is 4. The van der Waals surface area contributed by atoms with Gasteiger partial charge in [-0.2, -0.15) is 0 Å². The van der Waals surface area contributed by atoms with Crippen molar-refractivity contribution in [3.05, 3.63) is 23.8 Å². The van der Waals surface area contributed by atoms with E-state index in [2.05, 4.69) is 0 Å². The van der Waals surface area contributed by atoms with Crippen LogP contribution in [0.5, 0.6) is 0 Å². The summed E-state index contributed by atoms with van der Waals surface area (Å²) in [6.45, 7) is 0.577. The van der Waals surface area contributed by atoms with Crippen LogP contribution in [0.4, 0.5) is 5.69 Å². The molecule has 2 rings (SSSR count). The van der Waals surface area contributed by atoms with E-state index in [-0.39, 0.29) is 28.0 Å². The van der Waals surface area contributed by atoms with Crippen LogP contribution in [-0.2, 0) is 14.6 Å². The van der Waals surface area contributed by atoms with E-state index in [1.54, 1.807) is 0 Å². The van der Waals surface area contributed by atoms with Crippen LogP contribution in [0.15, 0.2) is 23.1 Å². The Kier molecular flexibility index (Phi) is 3.77. The minimum Gasteiger partial charge on any atom is -0.478 e. The minimum absolute atomic E-state index is 0.0337. The van der Waals surface area contributed by atoms with Crippen molar-refractivity contribution in [3.63, 3.8) is 0 Å². The highest BCUT2D eigenvalue weighted by atomic mass is 32.2. The van der Waals surface area contributed by atoms with Gasteiger partial charge in [-0.05, 0) is 31.0 Å². The molecule has 1 heterocycles. The van der Waals surface area contributed by atoms with Crippen LogP contribution in [-0.4, -0.2) is 38.0 Å². The molecule has 104 valence electrons. The second-order valence-corrected chi connectivity index (χ2v) is 6.48. The molecule has 0 aliphatic carbocycles. The summed E-state index contributed by atoms with van der Waals surface area (Å²) in [4.78, 5) is 10.7. The van der Waals surface area contributed by atoms with E-state index in [1.807, 2.05) is 0 Å². The van der Waals surface area contributed by atoms with Gasteiger partial charge < -0.3 is 15.6 Å². The van der Waals surface area contributed by atoms with Crippen LogP contribution < -0.4 is 5.73 Å². The van der Waals surface area contributed by atoms with Gasteiger partial charge in [-0.15, -0.1) is 0 Å². The summed E-state index contributed by atoms with van der Waals surface area (Å²) in [6, 6.07) is 3.63. The van der Waals surface area contributed by atoms with Crippen LogP contribution in [0.1, 0.15) is 23.2 Å². The van der Waals surface area contributed by atoms with Gasteiger partial charge in [0.1, 0.15) is 0 Å². The summed E-state index contributed by atoms with van der Waals surface area (Å²) in [5.41, 5.74) is 5.56. The number of carboxylic acids is 1. The molecule has 1 aliphatic heterocycles. The fourth-order valence-corrected chi connectivity index (χ4v) is 3.70. The lowest BCUT2D eigenvalue weighted by molar-refractivity contribution is 0.0696. The molecule has 6 nitrogen and oxygen atoms in total. The predicted molar refractivity (Wildman–Crippen MR) is 68.8 cm³/mol. The molecule has 1 aliphatic rings. The Hall–Kier alpha value is -1.60. The predicted octanol–water partition coefficient (Wildman–Crippen LogP) is 0.920. The maximum absolute atomic E-state index is 12.2. The van der Waals surface area contributed by atoms with Crippen molar-refractivity contribution in [3.8, 4) is 0 Å². The third kappa shape index (κ3) is 3.05. The van der Waals surface area contributed by atoms with E-state index in [0.29, 0.717) is 13.0 Å². The van der Waals surface area contributed by atoms with Gasteiger partial charge in [0.05, 0.1) is 28.0 Å². The second-order valence-electron chi connectivity index (χ2n) is 4.47. The van der Waals surface area contributed by atoms with Crippen molar-refractivity contribution in [1.82, 2.24) is 0 Å². The maximum atomic E-state index is 12.2. The number of hydrogen-bond donors (Lipinski definition) is 2. The summed E-state index contributed by atoms with van der Waals surface area (Å²) >= 11 is 0. The number of nitrogen functional groups attached to an aromatic ring is 1. The van der Waals surface area contributed by atoms with E-state index in [9.17, 15) is 13.2 Å². The van der Waals surface area contributed by atoms with Gasteiger partial charge in [0.25, 0.3) is 0 Å². The quantitative estimate of drug-likeness (QED) is 0.797. The molecule has 19 heavy (non-hydrogen) atoms. The molecule has 1 saturated heterocycles. The summed E-state index contributed by atoms with van der Waals surface area (Å²) in [5.74, 6) is -1.27. The topological polar surface area (TPSA) is 107 Å². The maximum Gasteiger partial charge on any atom is 0.335 e. The molecule has 1 aromatic rings.